The SMILES string of the molecule is C#Cc1cc(C#CC2(NC(=O)N3CCNCC3)CC2)ccc1Cl. The van der Waals surface area contributed by atoms with Gasteiger partial charge in [0.05, 0.1) is 5.02 Å². The van der Waals surface area contributed by atoms with E-state index < -0.39 is 5.54 Å². The Morgan fingerprint density at radius 2 is 2.09 bits per heavy atom. The van der Waals surface area contributed by atoms with Crippen molar-refractivity contribution in [1.82, 2.24) is 15.5 Å². The topological polar surface area (TPSA) is 44.4 Å². The number of amides is 2. The van der Waals surface area contributed by atoms with E-state index >= 15 is 0 Å². The number of hydrogen-bond acceptors (Lipinski definition) is 2. The lowest BCUT2D eigenvalue weighted by Gasteiger charge is -2.28. The van der Waals surface area contributed by atoms with E-state index in [9.17, 15) is 4.79 Å². The van der Waals surface area contributed by atoms with E-state index in [2.05, 4.69) is 28.4 Å². The molecule has 1 aromatic carbocycles. The number of rotatable bonds is 1. The van der Waals surface area contributed by atoms with Gasteiger partial charge in [-0.05, 0) is 31.0 Å². The van der Waals surface area contributed by atoms with Crippen LogP contribution in [-0.2, 0) is 0 Å². The zero-order valence-corrected chi connectivity index (χ0v) is 13.5. The number of nitrogens with zero attached hydrogens (tertiary/aromatic N) is 1. The van der Waals surface area contributed by atoms with Crippen molar-refractivity contribution in [3.8, 4) is 24.2 Å². The number of terminal acetylenes is 1. The second-order valence-electron chi connectivity index (χ2n) is 5.84. The van der Waals surface area contributed by atoms with Gasteiger partial charge in [-0.25, -0.2) is 4.79 Å². The maximum Gasteiger partial charge on any atom is 0.318 e. The number of piperazine rings is 1. The number of benzene rings is 1. The van der Waals surface area contributed by atoms with Crippen LogP contribution >= 0.6 is 11.6 Å². The molecule has 1 saturated heterocycles. The minimum atomic E-state index is -0.391. The molecule has 1 aliphatic heterocycles. The van der Waals surface area contributed by atoms with Crippen LogP contribution in [0.1, 0.15) is 24.0 Å². The molecule has 1 heterocycles. The molecule has 2 amide bonds. The molecule has 0 unspecified atom stereocenters. The van der Waals surface area contributed by atoms with Crippen molar-refractivity contribution in [1.29, 1.82) is 0 Å². The van der Waals surface area contributed by atoms with Gasteiger partial charge in [-0.3, -0.25) is 0 Å². The van der Waals surface area contributed by atoms with Crippen molar-refractivity contribution in [2.75, 3.05) is 26.2 Å². The molecule has 0 radical (unpaired) electrons. The second-order valence-corrected chi connectivity index (χ2v) is 6.25. The van der Waals surface area contributed by atoms with Gasteiger partial charge >= 0.3 is 6.03 Å². The van der Waals surface area contributed by atoms with Crippen molar-refractivity contribution >= 4 is 17.6 Å². The molecule has 3 rings (SSSR count). The molecule has 2 fully saturated rings. The predicted octanol–water partition coefficient (Wildman–Crippen LogP) is 1.82. The van der Waals surface area contributed by atoms with Crippen molar-refractivity contribution in [3.63, 3.8) is 0 Å². The number of nitrogens with one attached hydrogen (secondary N) is 2. The standard InChI is InChI=1S/C18H18ClN3O/c1-2-15-13-14(3-4-16(15)19)5-6-18(7-8-18)21-17(23)22-11-9-20-10-12-22/h1,3-4,13,20H,7-12H2,(H,21,23). The lowest BCUT2D eigenvalue weighted by molar-refractivity contribution is 0.187. The Morgan fingerprint density at radius 3 is 2.74 bits per heavy atom. The van der Waals surface area contributed by atoms with E-state index in [4.69, 9.17) is 18.0 Å². The Kier molecular flexibility index (Phi) is 4.48. The summed E-state index contributed by atoms with van der Waals surface area (Å²) in [6, 6.07) is 5.35. The zero-order valence-electron chi connectivity index (χ0n) is 12.8. The lowest BCUT2D eigenvalue weighted by atomic mass is 10.1. The summed E-state index contributed by atoms with van der Waals surface area (Å²) >= 11 is 6.00. The van der Waals surface area contributed by atoms with Crippen molar-refractivity contribution in [3.05, 3.63) is 34.3 Å². The summed E-state index contributed by atoms with van der Waals surface area (Å²) in [5.74, 6) is 8.84. The Balaban J connectivity index is 1.68. The van der Waals surface area contributed by atoms with Crippen LogP contribution in [0.4, 0.5) is 4.79 Å². The van der Waals surface area contributed by atoms with Crippen molar-refractivity contribution < 1.29 is 4.79 Å². The van der Waals surface area contributed by atoms with Gasteiger partial charge in [-0.15, -0.1) is 6.42 Å². The van der Waals surface area contributed by atoms with E-state index in [1.165, 1.54) is 0 Å². The monoisotopic (exact) mass is 327 g/mol. The summed E-state index contributed by atoms with van der Waals surface area (Å²) in [6.07, 6.45) is 7.18. The molecule has 4 nitrogen and oxygen atoms in total. The van der Waals surface area contributed by atoms with Crippen molar-refractivity contribution in [2.24, 2.45) is 0 Å². The molecule has 0 spiro atoms. The van der Waals surface area contributed by atoms with Gasteiger partial charge in [0.2, 0.25) is 0 Å². The highest BCUT2D eigenvalue weighted by molar-refractivity contribution is 6.31. The predicted molar refractivity (Wildman–Crippen MR) is 91.2 cm³/mol. The Hall–Kier alpha value is -2.14. The molecule has 5 heteroatoms. The summed E-state index contributed by atoms with van der Waals surface area (Å²) in [4.78, 5) is 14.1. The number of carbonyl (C=O) groups is 1. The molecule has 2 N–H and O–H groups in total. The number of hydrogen-bond donors (Lipinski definition) is 2. The molecule has 1 aromatic rings. The summed E-state index contributed by atoms with van der Waals surface area (Å²) in [6.45, 7) is 3.15. The van der Waals surface area contributed by atoms with Gasteiger partial charge in [0.15, 0.2) is 0 Å². The third kappa shape index (κ3) is 3.79. The summed E-state index contributed by atoms with van der Waals surface area (Å²) in [5, 5.41) is 6.85. The quantitative estimate of drug-likeness (QED) is 0.773. The largest absolute Gasteiger partial charge is 0.322 e. The molecule has 1 saturated carbocycles. The summed E-state index contributed by atoms with van der Waals surface area (Å²) < 4.78 is 0. The van der Waals surface area contributed by atoms with E-state index in [-0.39, 0.29) is 6.03 Å². The first-order chi connectivity index (χ1) is 11.1. The summed E-state index contributed by atoms with van der Waals surface area (Å²) in [7, 11) is 0. The molecule has 0 bridgehead atoms. The number of urea groups is 1. The van der Waals surface area contributed by atoms with Crippen LogP contribution < -0.4 is 10.6 Å². The average molecular weight is 328 g/mol. The number of carbonyl (C=O) groups excluding carboxylic acids is 1. The lowest BCUT2D eigenvalue weighted by Crippen LogP contribution is -2.52. The smallest absolute Gasteiger partial charge is 0.318 e. The van der Waals surface area contributed by atoms with Crippen LogP contribution in [0, 0.1) is 24.2 Å². The zero-order chi connectivity index (χ0) is 16.3. The van der Waals surface area contributed by atoms with Crippen LogP contribution in [0.5, 0.6) is 0 Å². The van der Waals surface area contributed by atoms with Gasteiger partial charge in [0.25, 0.3) is 0 Å². The minimum absolute atomic E-state index is 0.0290. The highest BCUT2D eigenvalue weighted by Crippen LogP contribution is 2.35. The fraction of sp³-hybridized carbons (Fsp3) is 0.389. The molecular formula is C18H18ClN3O. The second kappa shape index (κ2) is 6.54. The third-order valence-corrected chi connectivity index (χ3v) is 4.40. The molecule has 0 aromatic heterocycles. The van der Waals surface area contributed by atoms with E-state index in [0.29, 0.717) is 10.6 Å². The highest BCUT2D eigenvalue weighted by atomic mass is 35.5. The van der Waals surface area contributed by atoms with E-state index in [0.717, 1.165) is 44.6 Å². The van der Waals surface area contributed by atoms with E-state index in [1.54, 1.807) is 12.1 Å². The fourth-order valence-corrected chi connectivity index (χ4v) is 2.64. The van der Waals surface area contributed by atoms with Crippen molar-refractivity contribution in [2.45, 2.75) is 18.4 Å². The molecule has 2 aliphatic rings. The first-order valence-corrected chi connectivity index (χ1v) is 8.07. The van der Waals surface area contributed by atoms with Crippen LogP contribution in [0.2, 0.25) is 5.02 Å². The van der Waals surface area contributed by atoms with Crippen LogP contribution in [0.3, 0.4) is 0 Å². The molecule has 23 heavy (non-hydrogen) atoms. The maximum absolute atomic E-state index is 12.3. The first-order valence-electron chi connectivity index (χ1n) is 7.69. The van der Waals surface area contributed by atoms with E-state index in [1.807, 2.05) is 11.0 Å². The van der Waals surface area contributed by atoms with Gasteiger partial charge in [0, 0.05) is 37.3 Å². The number of halogens is 1. The van der Waals surface area contributed by atoms with Gasteiger partial charge < -0.3 is 15.5 Å². The Morgan fingerprint density at radius 1 is 1.35 bits per heavy atom. The summed E-state index contributed by atoms with van der Waals surface area (Å²) in [5.41, 5.74) is 1.05. The minimum Gasteiger partial charge on any atom is -0.322 e. The maximum atomic E-state index is 12.3. The molecular weight excluding hydrogens is 310 g/mol. The Labute approximate surface area is 141 Å². The first kappa shape index (κ1) is 15.7. The van der Waals surface area contributed by atoms with Gasteiger partial charge in [0.1, 0.15) is 5.54 Å². The molecule has 118 valence electrons. The molecule has 0 atom stereocenters. The average Bonchev–Trinajstić information content (AvgIpc) is 3.34. The van der Waals surface area contributed by atoms with Crippen LogP contribution in [0.15, 0.2) is 18.2 Å². The van der Waals surface area contributed by atoms with Crippen LogP contribution in [-0.4, -0.2) is 42.6 Å². The van der Waals surface area contributed by atoms with Crippen LogP contribution in [0.25, 0.3) is 0 Å². The third-order valence-electron chi connectivity index (χ3n) is 4.07. The molecule has 1 aliphatic carbocycles. The normalized spacial score (nSPS) is 18.3. The van der Waals surface area contributed by atoms with Gasteiger partial charge in [-0.2, -0.15) is 0 Å². The Bertz CT molecular complexity index is 716. The van der Waals surface area contributed by atoms with Gasteiger partial charge in [-0.1, -0.05) is 29.4 Å². The highest BCUT2D eigenvalue weighted by Gasteiger charge is 2.43. The fourth-order valence-electron chi connectivity index (χ4n) is 2.46.